The average Bonchev–Trinajstić information content (AvgIpc) is 2.34. The van der Waals surface area contributed by atoms with Gasteiger partial charge in [-0.25, -0.2) is 0 Å². The Kier molecular flexibility index (Phi) is 5.09. The van der Waals surface area contributed by atoms with E-state index in [0.29, 0.717) is 18.2 Å². The van der Waals surface area contributed by atoms with Gasteiger partial charge in [0.25, 0.3) is 0 Å². The molecule has 0 saturated carbocycles. The number of pyridine rings is 1. The number of nitrogens with two attached hydrogens (primary N) is 1. The lowest BCUT2D eigenvalue weighted by Crippen LogP contribution is -2.46. The second-order valence-corrected chi connectivity index (χ2v) is 3.69. The zero-order valence-electron chi connectivity index (χ0n) is 9.39. The van der Waals surface area contributed by atoms with Crippen LogP contribution in [0.15, 0.2) is 37.2 Å². The molecule has 0 fully saturated rings. The Balaban J connectivity index is 2.70. The topological polar surface area (TPSA) is 78.0 Å². The van der Waals surface area contributed by atoms with E-state index in [4.69, 9.17) is 23.4 Å². The maximum atomic E-state index is 7.50. The lowest BCUT2D eigenvalue weighted by molar-refractivity contribution is 0.579. The minimum Gasteiger partial charge on any atom is -0.370 e. The van der Waals surface area contributed by atoms with Gasteiger partial charge in [-0.15, -0.1) is 6.58 Å². The monoisotopic (exact) mass is 249 g/mol. The summed E-state index contributed by atoms with van der Waals surface area (Å²) >= 11 is 5.14. The Labute approximate surface area is 106 Å². The fraction of sp³-hybridized carbons (Fsp3) is 0.182. The van der Waals surface area contributed by atoms with Crippen LogP contribution in [0.5, 0.6) is 0 Å². The van der Waals surface area contributed by atoms with Gasteiger partial charge in [0, 0.05) is 18.9 Å². The third kappa shape index (κ3) is 4.20. The van der Waals surface area contributed by atoms with E-state index in [2.05, 4.69) is 16.9 Å². The molecule has 17 heavy (non-hydrogen) atoms. The van der Waals surface area contributed by atoms with Crippen molar-refractivity contribution in [3.8, 4) is 0 Å². The molecule has 0 bridgehead atoms. The maximum absolute atomic E-state index is 7.50. The molecule has 5 nitrogen and oxygen atoms in total. The molecular weight excluding hydrogens is 234 g/mol. The van der Waals surface area contributed by atoms with Crippen molar-refractivity contribution in [1.29, 1.82) is 5.41 Å². The van der Waals surface area contributed by atoms with Crippen molar-refractivity contribution in [3.05, 3.63) is 42.7 Å². The fourth-order valence-electron chi connectivity index (χ4n) is 1.20. The van der Waals surface area contributed by atoms with Crippen LogP contribution in [-0.4, -0.2) is 27.5 Å². The van der Waals surface area contributed by atoms with Gasteiger partial charge in [-0.1, -0.05) is 12.1 Å². The normalized spacial score (nSPS) is 9.41. The zero-order chi connectivity index (χ0) is 12.7. The highest BCUT2D eigenvalue weighted by atomic mass is 32.1. The van der Waals surface area contributed by atoms with Crippen molar-refractivity contribution in [2.24, 2.45) is 5.73 Å². The van der Waals surface area contributed by atoms with E-state index in [0.717, 1.165) is 5.56 Å². The predicted octanol–water partition coefficient (Wildman–Crippen LogP) is 0.838. The highest BCUT2D eigenvalue weighted by Crippen LogP contribution is 2.02. The molecule has 0 amide bonds. The van der Waals surface area contributed by atoms with Crippen molar-refractivity contribution in [2.45, 2.75) is 6.54 Å². The van der Waals surface area contributed by atoms with Crippen LogP contribution in [0.2, 0.25) is 0 Å². The van der Waals surface area contributed by atoms with E-state index in [1.807, 2.05) is 12.1 Å². The molecule has 0 spiro atoms. The summed E-state index contributed by atoms with van der Waals surface area (Å²) in [5.74, 6) is -0.101. The smallest absolute Gasteiger partial charge is 0.195 e. The van der Waals surface area contributed by atoms with Crippen LogP contribution in [0, 0.1) is 5.41 Å². The Morgan fingerprint density at radius 3 is 3.00 bits per heavy atom. The highest BCUT2D eigenvalue weighted by molar-refractivity contribution is 7.80. The van der Waals surface area contributed by atoms with Crippen LogP contribution in [0.25, 0.3) is 0 Å². The van der Waals surface area contributed by atoms with Crippen LogP contribution < -0.4 is 11.1 Å². The molecule has 6 heteroatoms. The summed E-state index contributed by atoms with van der Waals surface area (Å²) in [5.41, 5.74) is 6.43. The second-order valence-electron chi connectivity index (χ2n) is 3.31. The molecule has 0 aliphatic carbocycles. The Bertz CT molecular complexity index is 404. The first-order chi connectivity index (χ1) is 8.15. The standard InChI is InChI=1S/C11H15N5S/c1-2-5-15-11(17)16(10(12)13)8-9-4-3-6-14-7-9/h2-4,6-7H,1,5,8H2,(H3,12,13)(H,15,17). The number of nitrogens with one attached hydrogen (secondary N) is 2. The van der Waals surface area contributed by atoms with Crippen LogP contribution in [0.4, 0.5) is 0 Å². The molecule has 0 unspecified atom stereocenters. The molecule has 0 atom stereocenters. The highest BCUT2D eigenvalue weighted by Gasteiger charge is 2.12. The van der Waals surface area contributed by atoms with E-state index < -0.39 is 0 Å². The van der Waals surface area contributed by atoms with Gasteiger partial charge in [0.1, 0.15) is 0 Å². The van der Waals surface area contributed by atoms with E-state index in [-0.39, 0.29) is 5.96 Å². The van der Waals surface area contributed by atoms with Crippen molar-refractivity contribution in [3.63, 3.8) is 0 Å². The van der Waals surface area contributed by atoms with Crippen molar-refractivity contribution >= 4 is 23.3 Å². The van der Waals surface area contributed by atoms with E-state index in [9.17, 15) is 0 Å². The molecule has 0 aliphatic rings. The molecule has 4 N–H and O–H groups in total. The second kappa shape index (κ2) is 6.59. The minimum atomic E-state index is -0.101. The van der Waals surface area contributed by atoms with Gasteiger partial charge in [-0.05, 0) is 23.8 Å². The largest absolute Gasteiger partial charge is 0.370 e. The van der Waals surface area contributed by atoms with Gasteiger partial charge < -0.3 is 11.1 Å². The third-order valence-corrected chi connectivity index (χ3v) is 2.36. The van der Waals surface area contributed by atoms with Crippen LogP contribution in [-0.2, 0) is 6.54 Å². The van der Waals surface area contributed by atoms with Crippen molar-refractivity contribution in [2.75, 3.05) is 6.54 Å². The summed E-state index contributed by atoms with van der Waals surface area (Å²) in [6.45, 7) is 4.55. The van der Waals surface area contributed by atoms with Gasteiger partial charge in [-0.2, -0.15) is 0 Å². The molecular formula is C11H15N5S. The van der Waals surface area contributed by atoms with Gasteiger partial charge in [0.15, 0.2) is 11.1 Å². The van der Waals surface area contributed by atoms with Crippen LogP contribution in [0.3, 0.4) is 0 Å². The number of hydrogen-bond donors (Lipinski definition) is 3. The first-order valence-corrected chi connectivity index (χ1v) is 5.45. The molecule has 1 aromatic heterocycles. The number of guanidine groups is 1. The summed E-state index contributed by atoms with van der Waals surface area (Å²) in [4.78, 5) is 5.50. The number of rotatable bonds is 4. The lowest BCUT2D eigenvalue weighted by Gasteiger charge is -2.23. The fourth-order valence-corrected chi connectivity index (χ4v) is 1.44. The lowest BCUT2D eigenvalue weighted by atomic mass is 10.3. The van der Waals surface area contributed by atoms with Crippen molar-refractivity contribution in [1.82, 2.24) is 15.2 Å². The molecule has 1 heterocycles. The van der Waals surface area contributed by atoms with Crippen molar-refractivity contribution < 1.29 is 0 Å². The summed E-state index contributed by atoms with van der Waals surface area (Å²) in [6.07, 6.45) is 5.09. The SMILES string of the molecule is C=CCNC(=S)N(Cc1cccnc1)C(=N)N. The average molecular weight is 249 g/mol. The first-order valence-electron chi connectivity index (χ1n) is 5.04. The molecule has 90 valence electrons. The first kappa shape index (κ1) is 13.1. The number of aromatic nitrogens is 1. The summed E-state index contributed by atoms with van der Waals surface area (Å²) < 4.78 is 0. The number of thiocarbonyl (C=S) groups is 1. The van der Waals surface area contributed by atoms with Crippen LogP contribution >= 0.6 is 12.2 Å². The Morgan fingerprint density at radius 2 is 2.47 bits per heavy atom. The van der Waals surface area contributed by atoms with Gasteiger partial charge >= 0.3 is 0 Å². The summed E-state index contributed by atoms with van der Waals surface area (Å²) in [6, 6.07) is 3.73. The molecule has 1 rings (SSSR count). The Hall–Kier alpha value is -1.95. The summed E-state index contributed by atoms with van der Waals surface area (Å²) in [5, 5.41) is 10.8. The zero-order valence-corrected chi connectivity index (χ0v) is 10.2. The minimum absolute atomic E-state index is 0.101. The van der Waals surface area contributed by atoms with Crippen LogP contribution in [0.1, 0.15) is 5.56 Å². The molecule has 0 aliphatic heterocycles. The van der Waals surface area contributed by atoms with Gasteiger partial charge in [-0.3, -0.25) is 15.3 Å². The maximum Gasteiger partial charge on any atom is 0.195 e. The van der Waals surface area contributed by atoms with Gasteiger partial charge in [0.2, 0.25) is 0 Å². The third-order valence-electron chi connectivity index (χ3n) is 2.00. The summed E-state index contributed by atoms with van der Waals surface area (Å²) in [7, 11) is 0. The molecule has 0 saturated heterocycles. The van der Waals surface area contributed by atoms with Gasteiger partial charge in [0.05, 0.1) is 6.54 Å². The quantitative estimate of drug-likeness (QED) is 0.319. The number of hydrogen-bond acceptors (Lipinski definition) is 3. The molecule has 0 radical (unpaired) electrons. The molecule has 1 aromatic rings. The molecule has 0 aromatic carbocycles. The predicted molar refractivity (Wildman–Crippen MR) is 72.5 cm³/mol. The number of nitrogens with zero attached hydrogens (tertiary/aromatic N) is 2. The van der Waals surface area contributed by atoms with E-state index in [1.54, 1.807) is 18.5 Å². The van der Waals surface area contributed by atoms with E-state index >= 15 is 0 Å². The Morgan fingerprint density at radius 1 is 1.71 bits per heavy atom. The van der Waals surface area contributed by atoms with E-state index in [1.165, 1.54) is 4.90 Å².